The fourth-order valence-corrected chi connectivity index (χ4v) is 6.22. The Morgan fingerprint density at radius 3 is 1.80 bits per heavy atom. The van der Waals surface area contributed by atoms with Gasteiger partial charge in [0.2, 0.25) is 0 Å². The first-order valence-electron chi connectivity index (χ1n) is 15.7. The minimum absolute atomic E-state index is 0.452. The second-order valence-corrected chi connectivity index (χ2v) is 15.5. The highest BCUT2D eigenvalue weighted by molar-refractivity contribution is 9.10. The summed E-state index contributed by atoms with van der Waals surface area (Å²) in [6.45, 7) is 14.3. The second-order valence-electron chi connectivity index (χ2n) is 14.6. The van der Waals surface area contributed by atoms with E-state index >= 15 is 0 Å². The Hall–Kier alpha value is -3.84. The van der Waals surface area contributed by atoms with Crippen LogP contribution in [0.4, 0.5) is 19.2 Å². The van der Waals surface area contributed by atoms with E-state index in [-0.39, 0.29) is 0 Å². The van der Waals surface area contributed by atoms with Crippen LogP contribution in [0.5, 0.6) is 0 Å². The van der Waals surface area contributed by atoms with Crippen molar-refractivity contribution in [3.05, 3.63) is 11.8 Å². The van der Waals surface area contributed by atoms with Crippen LogP contribution in [0.3, 0.4) is 0 Å². The lowest BCUT2D eigenvalue weighted by Crippen LogP contribution is -2.81. The van der Waals surface area contributed by atoms with E-state index in [9.17, 15) is 28.8 Å². The largest absolute Gasteiger partial charge is 0.510 e. The molecule has 2 aliphatic heterocycles. The number of fused-ring (bicyclic) bond motifs is 2. The predicted octanol–water partition coefficient (Wildman–Crippen LogP) is 4.40. The third kappa shape index (κ3) is 9.34. The number of ether oxygens (including phenoxy) is 12. The van der Waals surface area contributed by atoms with Gasteiger partial charge in [0.1, 0.15) is 34.3 Å². The monoisotopic (exact) mass is 796 g/mol. The number of hydrogen-bond donors (Lipinski definition) is 0. The average Bonchev–Trinajstić information content (AvgIpc) is 2.94. The van der Waals surface area contributed by atoms with Crippen LogP contribution in [-0.4, -0.2) is 121 Å². The Labute approximate surface area is 303 Å². The maximum absolute atomic E-state index is 13.5. The number of carbonyl (C=O) groups is 6. The summed E-state index contributed by atoms with van der Waals surface area (Å²) in [5, 5.41) is 0. The van der Waals surface area contributed by atoms with Crippen molar-refractivity contribution >= 4 is 52.3 Å². The lowest BCUT2D eigenvalue weighted by molar-refractivity contribution is -0.367. The lowest BCUT2D eigenvalue weighted by atomic mass is 9.72. The first-order valence-corrected chi connectivity index (χ1v) is 16.6. The van der Waals surface area contributed by atoms with Crippen molar-refractivity contribution in [2.75, 3.05) is 20.8 Å². The van der Waals surface area contributed by atoms with Crippen molar-refractivity contribution in [1.29, 1.82) is 0 Å². The number of rotatable bonds is 7. The molecule has 2 fully saturated rings. The zero-order chi connectivity index (χ0) is 38.9. The molecule has 288 valence electrons. The van der Waals surface area contributed by atoms with Gasteiger partial charge in [-0.2, -0.15) is 0 Å². The number of carbonyl (C=O) groups excluding carboxylic acids is 6. The molecule has 1 spiro atoms. The summed E-state index contributed by atoms with van der Waals surface area (Å²) in [5.74, 6) is -4.79. The van der Waals surface area contributed by atoms with Crippen LogP contribution in [0.25, 0.3) is 0 Å². The SMILES string of the molecule is COC1=CC(=O)[C@H](Br)[C@@](OC)(OC(C)=O)[C@@]12OC(=O)OC1C(OC(=O)OC(C)(C)C)[C@H](OC(=O)OC(C)(C)C)[C@H](COC(=O)OC(C)(C)C)O[C@H]12. The van der Waals surface area contributed by atoms with Crippen molar-refractivity contribution in [1.82, 2.24) is 0 Å². The van der Waals surface area contributed by atoms with Gasteiger partial charge in [-0.1, -0.05) is 15.9 Å². The molecule has 19 heteroatoms. The third-order valence-corrected chi connectivity index (χ3v) is 8.12. The summed E-state index contributed by atoms with van der Waals surface area (Å²) in [5.41, 5.74) is -5.73. The first-order chi connectivity index (χ1) is 23.3. The zero-order valence-electron chi connectivity index (χ0n) is 30.5. The van der Waals surface area contributed by atoms with Crippen LogP contribution in [0.15, 0.2) is 11.8 Å². The standard InChI is InChI=1S/C32H45BrO18/c1-15(34)47-32(41-12)22(33)16(35)13-18(40-11)31(32)23-21(46-27(39)51-31)20(45-26(38)50-30(8,9)10)19(44-25(37)49-29(5,6)7)17(43-23)14-42-24(36)48-28(2,3)4/h13,17,19-23H,14H2,1-12H3/t17-,19+,20?,21?,22-,23+,31+,32+/m0/s1. The van der Waals surface area contributed by atoms with E-state index in [1.165, 1.54) is 0 Å². The van der Waals surface area contributed by atoms with Crippen LogP contribution >= 0.6 is 15.9 Å². The van der Waals surface area contributed by atoms with E-state index in [4.69, 9.17) is 56.8 Å². The highest BCUT2D eigenvalue weighted by Crippen LogP contribution is 2.54. The van der Waals surface area contributed by atoms with Gasteiger partial charge in [0.15, 0.2) is 36.0 Å². The van der Waals surface area contributed by atoms with Gasteiger partial charge in [0.05, 0.1) is 7.11 Å². The van der Waals surface area contributed by atoms with Crippen LogP contribution < -0.4 is 0 Å². The number of alkyl halides is 1. The van der Waals surface area contributed by atoms with Crippen LogP contribution in [0.2, 0.25) is 0 Å². The Morgan fingerprint density at radius 2 is 1.33 bits per heavy atom. The molecule has 0 amide bonds. The molecule has 3 aliphatic rings. The van der Waals surface area contributed by atoms with Crippen LogP contribution in [0, 0.1) is 0 Å². The molecule has 0 aromatic heterocycles. The fraction of sp³-hybridized carbons (Fsp3) is 0.750. The Bertz CT molecular complexity index is 1410. The minimum Gasteiger partial charge on any atom is -0.496 e. The molecular formula is C32H45BrO18. The van der Waals surface area contributed by atoms with Gasteiger partial charge in [-0.3, -0.25) is 9.59 Å². The maximum atomic E-state index is 13.5. The van der Waals surface area contributed by atoms with Gasteiger partial charge >= 0.3 is 30.6 Å². The van der Waals surface area contributed by atoms with E-state index < -0.39 is 112 Å². The van der Waals surface area contributed by atoms with Gasteiger partial charge < -0.3 is 56.8 Å². The summed E-state index contributed by atoms with van der Waals surface area (Å²) in [6.07, 6.45) is -13.2. The minimum atomic E-state index is -2.59. The lowest BCUT2D eigenvalue weighted by Gasteiger charge is -2.58. The number of esters is 1. The van der Waals surface area contributed by atoms with E-state index in [1.54, 1.807) is 62.3 Å². The normalized spacial score (nSPS) is 30.7. The zero-order valence-corrected chi connectivity index (χ0v) is 32.1. The Morgan fingerprint density at radius 1 is 0.824 bits per heavy atom. The molecule has 0 radical (unpaired) electrons. The molecule has 2 heterocycles. The summed E-state index contributed by atoms with van der Waals surface area (Å²) in [4.78, 5) is 76.9. The molecule has 0 N–H and O–H groups in total. The fourth-order valence-electron chi connectivity index (χ4n) is 5.47. The highest BCUT2D eigenvalue weighted by atomic mass is 79.9. The Balaban J connectivity index is 2.32. The predicted molar refractivity (Wildman–Crippen MR) is 171 cm³/mol. The summed E-state index contributed by atoms with van der Waals surface area (Å²) >= 11 is 3.21. The molecule has 2 unspecified atom stereocenters. The van der Waals surface area contributed by atoms with E-state index in [0.717, 1.165) is 27.2 Å². The van der Waals surface area contributed by atoms with Gasteiger partial charge in [-0.15, -0.1) is 0 Å². The molecule has 0 aromatic carbocycles. The van der Waals surface area contributed by atoms with Crippen molar-refractivity contribution < 1.29 is 85.6 Å². The van der Waals surface area contributed by atoms with Crippen LogP contribution in [-0.2, 0) is 66.4 Å². The summed E-state index contributed by atoms with van der Waals surface area (Å²) in [6, 6.07) is 0. The highest BCUT2D eigenvalue weighted by Gasteiger charge is 2.79. The van der Waals surface area contributed by atoms with Gasteiger partial charge in [0, 0.05) is 20.1 Å². The van der Waals surface area contributed by atoms with Gasteiger partial charge in [-0.25, -0.2) is 19.2 Å². The van der Waals surface area contributed by atoms with E-state index in [0.29, 0.717) is 0 Å². The van der Waals surface area contributed by atoms with Crippen LogP contribution in [0.1, 0.15) is 69.2 Å². The molecule has 2 saturated heterocycles. The molecule has 3 rings (SSSR count). The molecule has 0 bridgehead atoms. The molecule has 0 saturated carbocycles. The van der Waals surface area contributed by atoms with E-state index in [1.807, 2.05) is 0 Å². The number of methoxy groups -OCH3 is 2. The van der Waals surface area contributed by atoms with E-state index in [2.05, 4.69) is 15.9 Å². The number of hydrogen-bond acceptors (Lipinski definition) is 18. The van der Waals surface area contributed by atoms with Crippen molar-refractivity contribution in [2.45, 2.75) is 133 Å². The molecule has 1 aliphatic carbocycles. The smallest absolute Gasteiger partial charge is 0.496 e. The summed E-state index contributed by atoms with van der Waals surface area (Å²) in [7, 11) is 2.18. The number of allylic oxidation sites excluding steroid dienone is 1. The third-order valence-electron chi connectivity index (χ3n) is 7.07. The molecule has 8 atom stereocenters. The quantitative estimate of drug-likeness (QED) is 0.151. The maximum Gasteiger partial charge on any atom is 0.510 e. The van der Waals surface area contributed by atoms with Crippen molar-refractivity contribution in [3.63, 3.8) is 0 Å². The number of ketones is 1. The second kappa shape index (κ2) is 15.0. The molecule has 51 heavy (non-hydrogen) atoms. The summed E-state index contributed by atoms with van der Waals surface area (Å²) < 4.78 is 67.3. The van der Waals surface area contributed by atoms with Gasteiger partial charge in [-0.05, 0) is 62.3 Å². The van der Waals surface area contributed by atoms with Crippen molar-refractivity contribution in [3.8, 4) is 0 Å². The first kappa shape index (κ1) is 41.6. The van der Waals surface area contributed by atoms with Gasteiger partial charge in [0.25, 0.3) is 11.4 Å². The Kier molecular flexibility index (Phi) is 12.2. The molecule has 0 aromatic rings. The molecular weight excluding hydrogens is 752 g/mol. The molecule has 18 nitrogen and oxygen atoms in total. The van der Waals surface area contributed by atoms with Crippen molar-refractivity contribution in [2.24, 2.45) is 0 Å². The topological polar surface area (TPSA) is 213 Å². The number of halogens is 1. The average molecular weight is 798 g/mol.